The molecule has 5 rings (SSSR count). The van der Waals surface area contributed by atoms with Crippen molar-refractivity contribution in [2.24, 2.45) is 0 Å². The Morgan fingerprint density at radius 3 is 2.85 bits per heavy atom. The van der Waals surface area contributed by atoms with Crippen LogP contribution in [0.3, 0.4) is 0 Å². The molecule has 1 aliphatic carbocycles. The molecule has 1 amide bonds. The molecule has 0 aromatic carbocycles. The second-order valence-electron chi connectivity index (χ2n) is 8.27. The average Bonchev–Trinajstić information content (AvgIpc) is 3.39. The van der Waals surface area contributed by atoms with E-state index in [1.807, 2.05) is 36.7 Å². The molecule has 10 nitrogen and oxygen atoms in total. The van der Waals surface area contributed by atoms with E-state index >= 15 is 0 Å². The highest BCUT2D eigenvalue weighted by Crippen LogP contribution is 2.40. The summed E-state index contributed by atoms with van der Waals surface area (Å²) in [4.78, 5) is 21.9. The lowest BCUT2D eigenvalue weighted by Gasteiger charge is -2.10. The maximum Gasteiger partial charge on any atom is 0.263 e. The van der Waals surface area contributed by atoms with Crippen LogP contribution in [0.2, 0.25) is 0 Å². The number of ether oxygens (including phenoxy) is 1. The summed E-state index contributed by atoms with van der Waals surface area (Å²) in [6, 6.07) is 7.59. The van der Waals surface area contributed by atoms with Crippen LogP contribution in [0, 0.1) is 0 Å². The number of pyridine rings is 2. The molecular weight excluding hydrogens is 420 g/mol. The van der Waals surface area contributed by atoms with Crippen molar-refractivity contribution in [2.75, 3.05) is 12.4 Å². The van der Waals surface area contributed by atoms with Crippen LogP contribution in [0.5, 0.6) is 5.88 Å². The van der Waals surface area contributed by atoms with Crippen molar-refractivity contribution in [2.45, 2.75) is 38.6 Å². The van der Waals surface area contributed by atoms with E-state index in [1.165, 1.54) is 25.5 Å². The van der Waals surface area contributed by atoms with Crippen molar-refractivity contribution in [3.05, 3.63) is 60.3 Å². The Balaban J connectivity index is 1.40. The molecule has 4 aromatic rings. The number of hydrogen-bond donors (Lipinski definition) is 1. The van der Waals surface area contributed by atoms with Crippen molar-refractivity contribution in [3.63, 3.8) is 0 Å². The van der Waals surface area contributed by atoms with Crippen LogP contribution in [0.15, 0.2) is 49.2 Å². The monoisotopic (exact) mass is 444 g/mol. The number of nitrogens with zero attached hydrogens (tertiary/aromatic N) is 7. The zero-order valence-electron chi connectivity index (χ0n) is 18.6. The van der Waals surface area contributed by atoms with Gasteiger partial charge in [-0.2, -0.15) is 0 Å². The van der Waals surface area contributed by atoms with Crippen LogP contribution < -0.4 is 10.1 Å². The number of hydrogen-bond acceptors (Lipinski definition) is 7. The quantitative estimate of drug-likeness (QED) is 0.463. The highest BCUT2D eigenvalue weighted by Gasteiger charge is 2.25. The summed E-state index contributed by atoms with van der Waals surface area (Å²) in [7, 11) is 1.49. The SMILES string of the molecule is COc1nn(-c2cncc(C3CC3)c2)cc1C(=O)Nc1cccc(-c2nncn2C(C)C)n1. The summed E-state index contributed by atoms with van der Waals surface area (Å²) >= 11 is 0. The first-order chi connectivity index (χ1) is 16.0. The van der Waals surface area contributed by atoms with Crippen LogP contribution in [0.1, 0.15) is 54.6 Å². The standard InChI is InChI=1S/C23H24N8O2/c1-14(2)30-13-25-28-21(30)19-5-4-6-20(26-19)27-22(32)18-12-31(29-23(18)33-3)17-9-16(10-24-11-17)15-7-8-15/h4-6,9-15H,7-8H2,1-3H3,(H,26,27,32). The number of nitrogens with one attached hydrogen (secondary N) is 1. The first-order valence-corrected chi connectivity index (χ1v) is 10.8. The molecule has 0 atom stereocenters. The second-order valence-corrected chi connectivity index (χ2v) is 8.27. The van der Waals surface area contributed by atoms with Crippen molar-refractivity contribution < 1.29 is 9.53 Å². The van der Waals surface area contributed by atoms with Crippen LogP contribution in [0.25, 0.3) is 17.2 Å². The summed E-state index contributed by atoms with van der Waals surface area (Å²) in [6.07, 6.45) is 9.27. The Kier molecular flexibility index (Phi) is 5.33. The van der Waals surface area contributed by atoms with Crippen molar-refractivity contribution in [3.8, 4) is 23.1 Å². The van der Waals surface area contributed by atoms with Gasteiger partial charge in [-0.05, 0) is 56.4 Å². The molecule has 0 spiro atoms. The number of aromatic nitrogens is 7. The molecule has 1 fully saturated rings. The maximum atomic E-state index is 13.1. The van der Waals surface area contributed by atoms with E-state index in [1.54, 1.807) is 29.5 Å². The summed E-state index contributed by atoms with van der Waals surface area (Å²) < 4.78 is 8.90. The van der Waals surface area contributed by atoms with Gasteiger partial charge in [0.05, 0.1) is 19.0 Å². The van der Waals surface area contributed by atoms with E-state index < -0.39 is 0 Å². The molecule has 4 heterocycles. The van der Waals surface area contributed by atoms with Crippen LogP contribution in [0.4, 0.5) is 5.82 Å². The fraction of sp³-hybridized carbons (Fsp3) is 0.304. The molecule has 10 heteroatoms. The fourth-order valence-corrected chi connectivity index (χ4v) is 3.62. The molecule has 1 saturated carbocycles. The zero-order chi connectivity index (χ0) is 22.9. The number of methoxy groups -OCH3 is 1. The Hall–Kier alpha value is -4.08. The number of rotatable bonds is 7. The van der Waals surface area contributed by atoms with E-state index in [4.69, 9.17) is 4.74 Å². The largest absolute Gasteiger partial charge is 0.479 e. The lowest BCUT2D eigenvalue weighted by atomic mass is 10.2. The van der Waals surface area contributed by atoms with Crippen LogP contribution in [-0.2, 0) is 0 Å². The Bertz CT molecular complexity index is 1310. The molecule has 1 aliphatic rings. The molecule has 0 radical (unpaired) electrons. The minimum Gasteiger partial charge on any atom is -0.479 e. The minimum absolute atomic E-state index is 0.179. The van der Waals surface area contributed by atoms with Crippen LogP contribution >= 0.6 is 0 Å². The van der Waals surface area contributed by atoms with Crippen molar-refractivity contribution in [1.29, 1.82) is 0 Å². The topological polar surface area (TPSA) is 113 Å². The van der Waals surface area contributed by atoms with Gasteiger partial charge in [0.1, 0.15) is 23.4 Å². The molecule has 0 unspecified atom stereocenters. The van der Waals surface area contributed by atoms with Crippen molar-refractivity contribution in [1.82, 2.24) is 34.5 Å². The highest BCUT2D eigenvalue weighted by molar-refractivity contribution is 6.05. The molecular formula is C23H24N8O2. The average molecular weight is 444 g/mol. The predicted octanol–water partition coefficient (Wildman–Crippen LogP) is 3.64. The van der Waals surface area contributed by atoms with Gasteiger partial charge in [-0.1, -0.05) is 6.07 Å². The Labute approximate surface area is 190 Å². The van der Waals surface area contributed by atoms with Gasteiger partial charge >= 0.3 is 0 Å². The smallest absolute Gasteiger partial charge is 0.263 e. The van der Waals surface area contributed by atoms with E-state index in [0.29, 0.717) is 28.8 Å². The van der Waals surface area contributed by atoms with Crippen molar-refractivity contribution >= 4 is 11.7 Å². The number of carbonyl (C=O) groups excluding carboxylic acids is 1. The number of carbonyl (C=O) groups is 1. The third kappa shape index (κ3) is 4.19. The fourth-order valence-electron chi connectivity index (χ4n) is 3.62. The summed E-state index contributed by atoms with van der Waals surface area (Å²) in [6.45, 7) is 4.08. The van der Waals surface area contributed by atoms with Gasteiger partial charge in [-0.15, -0.1) is 15.3 Å². The lowest BCUT2D eigenvalue weighted by molar-refractivity contribution is 0.102. The molecule has 0 saturated heterocycles. The van der Waals surface area contributed by atoms with Gasteiger partial charge in [-0.25, -0.2) is 9.67 Å². The maximum absolute atomic E-state index is 13.1. The molecule has 0 bridgehead atoms. The second kappa shape index (κ2) is 8.45. The van der Waals surface area contributed by atoms with Gasteiger partial charge in [0, 0.05) is 18.4 Å². The number of amides is 1. The zero-order valence-corrected chi connectivity index (χ0v) is 18.6. The molecule has 4 aromatic heterocycles. The summed E-state index contributed by atoms with van der Waals surface area (Å²) in [5.74, 6) is 1.44. The highest BCUT2D eigenvalue weighted by atomic mass is 16.5. The minimum atomic E-state index is -0.376. The van der Waals surface area contributed by atoms with E-state index in [2.05, 4.69) is 36.6 Å². The molecule has 0 aliphatic heterocycles. The first kappa shape index (κ1) is 20.8. The van der Waals surface area contributed by atoms with E-state index in [0.717, 1.165) is 5.69 Å². The third-order valence-corrected chi connectivity index (χ3v) is 5.53. The molecule has 168 valence electrons. The Morgan fingerprint density at radius 1 is 1.24 bits per heavy atom. The van der Waals surface area contributed by atoms with Crippen LogP contribution in [-0.4, -0.2) is 47.5 Å². The third-order valence-electron chi connectivity index (χ3n) is 5.53. The molecule has 33 heavy (non-hydrogen) atoms. The van der Waals surface area contributed by atoms with Gasteiger partial charge in [0.2, 0.25) is 5.88 Å². The summed E-state index contributed by atoms with van der Waals surface area (Å²) in [5, 5.41) is 15.4. The van der Waals surface area contributed by atoms with Gasteiger partial charge in [0.15, 0.2) is 5.82 Å². The summed E-state index contributed by atoms with van der Waals surface area (Å²) in [5.41, 5.74) is 2.88. The van der Waals surface area contributed by atoms with E-state index in [9.17, 15) is 4.79 Å². The molecule has 1 N–H and O–H groups in total. The van der Waals surface area contributed by atoms with E-state index in [-0.39, 0.29) is 17.8 Å². The predicted molar refractivity (Wildman–Crippen MR) is 121 cm³/mol. The first-order valence-electron chi connectivity index (χ1n) is 10.8. The lowest BCUT2D eigenvalue weighted by Crippen LogP contribution is -2.14. The normalized spacial score (nSPS) is 13.3. The number of anilines is 1. The van der Waals surface area contributed by atoms with Gasteiger partial charge in [-0.3, -0.25) is 9.78 Å². The van der Waals surface area contributed by atoms with Gasteiger partial charge in [0.25, 0.3) is 5.91 Å². The van der Waals surface area contributed by atoms with Gasteiger partial charge < -0.3 is 14.6 Å². The Morgan fingerprint density at radius 2 is 2.09 bits per heavy atom.